The Labute approximate surface area is 188 Å². The third-order valence-corrected chi connectivity index (χ3v) is 7.38. The number of nitrogens with zero attached hydrogens (tertiary/aromatic N) is 4. The number of anilines is 1. The van der Waals surface area contributed by atoms with E-state index in [1.54, 1.807) is 13.3 Å². The number of aromatic nitrogens is 4. The molecule has 1 aliphatic rings. The first-order chi connectivity index (χ1) is 15.7. The lowest BCUT2D eigenvalue weighted by molar-refractivity contribution is -0.130. The first kappa shape index (κ1) is 23.2. The van der Waals surface area contributed by atoms with E-state index in [-0.39, 0.29) is 19.1 Å². The van der Waals surface area contributed by atoms with Crippen molar-refractivity contribution in [3.05, 3.63) is 30.5 Å². The molecule has 0 atom stereocenters. The number of piperidine rings is 1. The summed E-state index contributed by atoms with van der Waals surface area (Å²) in [4.78, 5) is 8.79. The van der Waals surface area contributed by atoms with Crippen LogP contribution in [0.4, 0.5) is 19.1 Å². The van der Waals surface area contributed by atoms with E-state index >= 15 is 0 Å². The van der Waals surface area contributed by atoms with Gasteiger partial charge in [0.25, 0.3) is 0 Å². The average molecular weight is 485 g/mol. The summed E-state index contributed by atoms with van der Waals surface area (Å²) < 4.78 is 68.0. The second kappa shape index (κ2) is 9.14. The molecule has 9 nitrogen and oxygen atoms in total. The van der Waals surface area contributed by atoms with Gasteiger partial charge in [-0.05, 0) is 25.0 Å². The third kappa shape index (κ3) is 5.36. The van der Waals surface area contributed by atoms with Crippen molar-refractivity contribution in [2.75, 3.05) is 31.3 Å². The molecule has 0 bridgehead atoms. The highest BCUT2D eigenvalue weighted by atomic mass is 32.2. The highest BCUT2D eigenvalue weighted by molar-refractivity contribution is 7.89. The number of H-pyrrole nitrogens is 1. The van der Waals surface area contributed by atoms with Gasteiger partial charge in [0.2, 0.25) is 16.0 Å². The fraction of sp³-hybridized carbons (Fsp3) is 0.450. The molecule has 0 amide bonds. The molecular weight excluding hydrogens is 461 g/mol. The molecule has 1 aliphatic heterocycles. The number of benzene rings is 1. The summed E-state index contributed by atoms with van der Waals surface area (Å²) in [7, 11) is -2.35. The SMILES string of the molecule is COc1ccccc1-c1[nH]nc2nc(NC3CCN(S(=O)(=O)CCC(F)(F)F)CC3)ncc12. The van der Waals surface area contributed by atoms with E-state index in [1.807, 2.05) is 24.3 Å². The summed E-state index contributed by atoms with van der Waals surface area (Å²) in [5.74, 6) is 0.100. The standard InChI is InChI=1S/C20H23F3N6O3S/c1-32-16-5-3-2-4-14(16)17-15-12-24-19(26-18(15)28-27-17)25-13-6-9-29(10-7-13)33(30,31)11-8-20(21,22)23/h2-5,12-13H,6-11H2,1H3,(H2,24,25,26,27,28). The minimum absolute atomic E-state index is 0.107. The van der Waals surface area contributed by atoms with Crippen molar-refractivity contribution in [1.29, 1.82) is 0 Å². The van der Waals surface area contributed by atoms with Gasteiger partial charge >= 0.3 is 6.18 Å². The van der Waals surface area contributed by atoms with Gasteiger partial charge in [0.05, 0.1) is 30.4 Å². The highest BCUT2D eigenvalue weighted by Crippen LogP contribution is 2.32. The topological polar surface area (TPSA) is 113 Å². The molecule has 2 N–H and O–H groups in total. The molecule has 1 fully saturated rings. The van der Waals surface area contributed by atoms with Crippen LogP contribution in [0.25, 0.3) is 22.3 Å². The molecule has 0 saturated carbocycles. The molecule has 3 aromatic rings. The van der Waals surface area contributed by atoms with Crippen molar-refractivity contribution < 1.29 is 26.3 Å². The Hall–Kier alpha value is -2.93. The molecule has 3 heterocycles. The first-order valence-electron chi connectivity index (χ1n) is 10.3. The molecule has 4 rings (SSSR count). The summed E-state index contributed by atoms with van der Waals surface area (Å²) in [6.07, 6.45) is -3.34. The normalized spacial score (nSPS) is 16.2. The van der Waals surface area contributed by atoms with Crippen molar-refractivity contribution >= 4 is 27.0 Å². The maximum Gasteiger partial charge on any atom is 0.390 e. The molecule has 0 spiro atoms. The van der Waals surface area contributed by atoms with Crippen molar-refractivity contribution in [3.8, 4) is 17.0 Å². The van der Waals surface area contributed by atoms with E-state index in [1.165, 1.54) is 0 Å². The Morgan fingerprint density at radius 3 is 2.67 bits per heavy atom. The van der Waals surface area contributed by atoms with Crippen LogP contribution in [0.1, 0.15) is 19.3 Å². The maximum atomic E-state index is 12.4. The lowest BCUT2D eigenvalue weighted by atomic mass is 10.1. The van der Waals surface area contributed by atoms with Gasteiger partial charge in [0.1, 0.15) is 5.75 Å². The van der Waals surface area contributed by atoms with Gasteiger partial charge in [0.15, 0.2) is 5.65 Å². The number of para-hydroxylation sites is 1. The number of ether oxygens (including phenoxy) is 1. The Morgan fingerprint density at radius 2 is 1.97 bits per heavy atom. The monoisotopic (exact) mass is 484 g/mol. The number of aromatic amines is 1. The average Bonchev–Trinajstić information content (AvgIpc) is 3.21. The summed E-state index contributed by atoms with van der Waals surface area (Å²) >= 11 is 0. The minimum Gasteiger partial charge on any atom is -0.496 e. The number of fused-ring (bicyclic) bond motifs is 1. The smallest absolute Gasteiger partial charge is 0.390 e. The summed E-state index contributed by atoms with van der Waals surface area (Å²) in [5, 5.41) is 11.1. The molecule has 33 heavy (non-hydrogen) atoms. The quantitative estimate of drug-likeness (QED) is 0.530. The zero-order chi connectivity index (χ0) is 23.6. The van der Waals surface area contributed by atoms with Crippen LogP contribution >= 0.6 is 0 Å². The molecule has 178 valence electrons. The summed E-state index contributed by atoms with van der Waals surface area (Å²) in [6.45, 7) is 0.279. The van der Waals surface area contributed by atoms with E-state index in [4.69, 9.17) is 4.74 Å². The summed E-state index contributed by atoms with van der Waals surface area (Å²) in [6, 6.07) is 7.39. The van der Waals surface area contributed by atoms with Gasteiger partial charge < -0.3 is 10.1 Å². The zero-order valence-corrected chi connectivity index (χ0v) is 18.6. The van der Waals surface area contributed by atoms with E-state index in [0.717, 1.165) is 20.9 Å². The van der Waals surface area contributed by atoms with E-state index in [2.05, 4.69) is 25.5 Å². The molecule has 2 aromatic heterocycles. The van der Waals surface area contributed by atoms with Crippen molar-refractivity contribution in [2.24, 2.45) is 0 Å². The van der Waals surface area contributed by atoms with Gasteiger partial charge in [-0.3, -0.25) is 5.10 Å². The largest absolute Gasteiger partial charge is 0.496 e. The van der Waals surface area contributed by atoms with Crippen LogP contribution in [0.5, 0.6) is 5.75 Å². The van der Waals surface area contributed by atoms with Crippen LogP contribution in [0, 0.1) is 0 Å². The van der Waals surface area contributed by atoms with E-state index in [0.29, 0.717) is 30.2 Å². The highest BCUT2D eigenvalue weighted by Gasteiger charge is 2.34. The predicted molar refractivity (Wildman–Crippen MR) is 116 cm³/mol. The molecule has 1 aromatic carbocycles. The predicted octanol–water partition coefficient (Wildman–Crippen LogP) is 3.19. The van der Waals surface area contributed by atoms with Gasteiger partial charge in [0, 0.05) is 30.9 Å². The van der Waals surface area contributed by atoms with Crippen LogP contribution in [0.15, 0.2) is 30.5 Å². The molecule has 0 unspecified atom stereocenters. The molecule has 0 radical (unpaired) electrons. The second-order valence-electron chi connectivity index (χ2n) is 7.73. The molecule has 0 aliphatic carbocycles. The van der Waals surface area contributed by atoms with Gasteiger partial charge in [-0.1, -0.05) is 12.1 Å². The lowest BCUT2D eigenvalue weighted by Crippen LogP contribution is -2.43. The number of halogens is 3. The van der Waals surface area contributed by atoms with Crippen molar-refractivity contribution in [3.63, 3.8) is 0 Å². The van der Waals surface area contributed by atoms with Crippen LogP contribution in [0.2, 0.25) is 0 Å². The second-order valence-corrected chi connectivity index (χ2v) is 9.82. The van der Waals surface area contributed by atoms with E-state index in [9.17, 15) is 21.6 Å². The molecule has 13 heteroatoms. The van der Waals surface area contributed by atoms with Crippen LogP contribution in [0.3, 0.4) is 0 Å². The fourth-order valence-electron chi connectivity index (χ4n) is 3.76. The number of sulfonamides is 1. The Morgan fingerprint density at radius 1 is 1.24 bits per heavy atom. The summed E-state index contributed by atoms with van der Waals surface area (Å²) in [5.41, 5.74) is 2.01. The number of alkyl halides is 3. The van der Waals surface area contributed by atoms with Crippen molar-refractivity contribution in [2.45, 2.75) is 31.5 Å². The fourth-order valence-corrected chi connectivity index (χ4v) is 5.28. The Bertz CT molecular complexity index is 1220. The maximum absolute atomic E-state index is 12.4. The number of hydrogen-bond donors (Lipinski definition) is 2. The number of hydrogen-bond acceptors (Lipinski definition) is 7. The van der Waals surface area contributed by atoms with Crippen LogP contribution in [-0.4, -0.2) is 71.1 Å². The number of methoxy groups -OCH3 is 1. The number of nitrogens with one attached hydrogen (secondary N) is 2. The van der Waals surface area contributed by atoms with Crippen molar-refractivity contribution in [1.82, 2.24) is 24.5 Å². The third-order valence-electron chi connectivity index (χ3n) is 5.51. The first-order valence-corrected chi connectivity index (χ1v) is 11.9. The Balaban J connectivity index is 1.40. The van der Waals surface area contributed by atoms with Gasteiger partial charge in [-0.25, -0.2) is 17.7 Å². The van der Waals surface area contributed by atoms with Crippen LogP contribution < -0.4 is 10.1 Å². The van der Waals surface area contributed by atoms with Crippen LogP contribution in [-0.2, 0) is 10.0 Å². The zero-order valence-electron chi connectivity index (χ0n) is 17.8. The molecule has 1 saturated heterocycles. The van der Waals surface area contributed by atoms with E-state index < -0.39 is 28.4 Å². The number of rotatable bonds is 7. The Kier molecular flexibility index (Phi) is 6.43. The van der Waals surface area contributed by atoms with Gasteiger partial charge in [-0.15, -0.1) is 0 Å². The minimum atomic E-state index is -4.50. The van der Waals surface area contributed by atoms with Gasteiger partial charge in [-0.2, -0.15) is 23.3 Å². The molecular formula is C20H23F3N6O3S. The lowest BCUT2D eigenvalue weighted by Gasteiger charge is -2.31.